The lowest BCUT2D eigenvalue weighted by atomic mass is 10.1. The highest BCUT2D eigenvalue weighted by molar-refractivity contribution is 5.96. The van der Waals surface area contributed by atoms with Gasteiger partial charge >= 0.3 is 5.97 Å². The van der Waals surface area contributed by atoms with E-state index in [2.05, 4.69) is 10.6 Å². The minimum atomic E-state index is -0.584. The number of anilines is 1. The number of benzene rings is 2. The van der Waals surface area contributed by atoms with E-state index in [9.17, 15) is 9.59 Å². The monoisotopic (exact) mass is 342 g/mol. The van der Waals surface area contributed by atoms with Gasteiger partial charge in [-0.2, -0.15) is 0 Å². The maximum absolute atomic E-state index is 12.1. The standard InChI is InChI=1S/C19H22N2O4/c22-13-12-20-17-9-5-4-8-16(17)19(24)25-14-18(23)21-11-10-15-6-2-1-3-7-15/h1-9,20,22H,10-14H2,(H,21,23). The summed E-state index contributed by atoms with van der Waals surface area (Å²) in [6.45, 7) is 0.425. The molecule has 0 spiro atoms. The first-order chi connectivity index (χ1) is 12.2. The van der Waals surface area contributed by atoms with Crippen molar-refractivity contribution in [3.05, 3.63) is 65.7 Å². The molecule has 0 aliphatic rings. The first-order valence-corrected chi connectivity index (χ1v) is 8.12. The lowest BCUT2D eigenvalue weighted by Crippen LogP contribution is -2.30. The molecule has 132 valence electrons. The Morgan fingerprint density at radius 3 is 2.44 bits per heavy atom. The van der Waals surface area contributed by atoms with Gasteiger partial charge in [-0.25, -0.2) is 4.79 Å². The van der Waals surface area contributed by atoms with E-state index in [1.54, 1.807) is 24.3 Å². The number of hydrogen-bond acceptors (Lipinski definition) is 5. The van der Waals surface area contributed by atoms with E-state index in [0.717, 1.165) is 5.56 Å². The van der Waals surface area contributed by atoms with Crippen LogP contribution in [0, 0.1) is 0 Å². The normalized spacial score (nSPS) is 10.1. The fourth-order valence-corrected chi connectivity index (χ4v) is 2.26. The number of carbonyl (C=O) groups is 2. The summed E-state index contributed by atoms with van der Waals surface area (Å²) in [5, 5.41) is 14.5. The zero-order valence-corrected chi connectivity index (χ0v) is 13.9. The Kier molecular flexibility index (Phi) is 7.46. The maximum Gasteiger partial charge on any atom is 0.340 e. The number of ether oxygens (including phenoxy) is 1. The molecule has 0 aromatic heterocycles. The van der Waals surface area contributed by atoms with Gasteiger partial charge in [0.15, 0.2) is 6.61 Å². The third kappa shape index (κ3) is 6.27. The van der Waals surface area contributed by atoms with Crippen LogP contribution >= 0.6 is 0 Å². The van der Waals surface area contributed by atoms with Crippen LogP contribution in [0.4, 0.5) is 5.69 Å². The van der Waals surface area contributed by atoms with Gasteiger partial charge in [-0.3, -0.25) is 4.79 Å². The molecule has 0 saturated carbocycles. The zero-order valence-electron chi connectivity index (χ0n) is 13.9. The van der Waals surface area contributed by atoms with Crippen molar-refractivity contribution >= 4 is 17.6 Å². The number of hydrogen-bond donors (Lipinski definition) is 3. The molecule has 2 rings (SSSR count). The number of aliphatic hydroxyl groups excluding tert-OH is 1. The molecule has 6 heteroatoms. The second-order valence-corrected chi connectivity index (χ2v) is 5.36. The fraction of sp³-hybridized carbons (Fsp3) is 0.263. The number of aliphatic hydroxyl groups is 1. The van der Waals surface area contributed by atoms with Gasteiger partial charge in [-0.05, 0) is 24.1 Å². The first-order valence-electron chi connectivity index (χ1n) is 8.12. The molecular weight excluding hydrogens is 320 g/mol. The van der Waals surface area contributed by atoms with Crippen LogP contribution in [0.2, 0.25) is 0 Å². The van der Waals surface area contributed by atoms with Crippen LogP contribution in [-0.4, -0.2) is 43.3 Å². The minimum Gasteiger partial charge on any atom is -0.452 e. The summed E-state index contributed by atoms with van der Waals surface area (Å²) in [7, 11) is 0. The van der Waals surface area contributed by atoms with Crippen LogP contribution in [0.1, 0.15) is 15.9 Å². The summed E-state index contributed by atoms with van der Waals surface area (Å²) in [6.07, 6.45) is 0.717. The van der Waals surface area contributed by atoms with E-state index < -0.39 is 5.97 Å². The molecule has 1 amide bonds. The van der Waals surface area contributed by atoms with Gasteiger partial charge in [0.2, 0.25) is 0 Å². The van der Waals surface area contributed by atoms with Crippen molar-refractivity contribution in [2.75, 3.05) is 31.6 Å². The molecule has 0 unspecified atom stereocenters. The third-order valence-corrected chi connectivity index (χ3v) is 3.49. The molecule has 2 aromatic carbocycles. The van der Waals surface area contributed by atoms with Crippen molar-refractivity contribution in [2.45, 2.75) is 6.42 Å². The Morgan fingerprint density at radius 1 is 0.960 bits per heavy atom. The second kappa shape index (κ2) is 10.1. The smallest absolute Gasteiger partial charge is 0.340 e. The van der Waals surface area contributed by atoms with E-state index in [4.69, 9.17) is 9.84 Å². The number of carbonyl (C=O) groups excluding carboxylic acids is 2. The Bertz CT molecular complexity index is 689. The Hall–Kier alpha value is -2.86. The molecule has 25 heavy (non-hydrogen) atoms. The highest BCUT2D eigenvalue weighted by Crippen LogP contribution is 2.15. The van der Waals surface area contributed by atoms with E-state index in [1.165, 1.54) is 0 Å². The molecule has 2 aromatic rings. The average molecular weight is 342 g/mol. The predicted molar refractivity (Wildman–Crippen MR) is 95.5 cm³/mol. The van der Waals surface area contributed by atoms with Crippen LogP contribution in [0.15, 0.2) is 54.6 Å². The van der Waals surface area contributed by atoms with Gasteiger partial charge in [-0.1, -0.05) is 42.5 Å². The Balaban J connectivity index is 1.76. The molecule has 6 nitrogen and oxygen atoms in total. The van der Waals surface area contributed by atoms with Gasteiger partial charge in [0.25, 0.3) is 5.91 Å². The molecule has 0 saturated heterocycles. The third-order valence-electron chi connectivity index (χ3n) is 3.49. The predicted octanol–water partition coefficient (Wildman–Crippen LogP) is 1.61. The molecule has 0 atom stereocenters. The van der Waals surface area contributed by atoms with Crippen LogP contribution in [0.25, 0.3) is 0 Å². The molecule has 0 aliphatic heterocycles. The molecule has 0 aliphatic carbocycles. The molecule has 0 heterocycles. The van der Waals surface area contributed by atoms with Crippen molar-refractivity contribution < 1.29 is 19.4 Å². The summed E-state index contributed by atoms with van der Waals surface area (Å²) in [6, 6.07) is 16.6. The van der Waals surface area contributed by atoms with Crippen LogP contribution < -0.4 is 10.6 Å². The molecule has 0 radical (unpaired) electrons. The fourth-order valence-electron chi connectivity index (χ4n) is 2.26. The van der Waals surface area contributed by atoms with Gasteiger partial charge in [0.1, 0.15) is 0 Å². The summed E-state index contributed by atoms with van der Waals surface area (Å²) in [5.74, 6) is -0.927. The summed E-state index contributed by atoms with van der Waals surface area (Å²) in [5.41, 5.74) is 2.02. The summed E-state index contributed by atoms with van der Waals surface area (Å²) < 4.78 is 5.06. The van der Waals surface area contributed by atoms with E-state index in [1.807, 2.05) is 30.3 Å². The summed E-state index contributed by atoms with van der Waals surface area (Å²) >= 11 is 0. The number of nitrogens with one attached hydrogen (secondary N) is 2. The molecule has 3 N–H and O–H groups in total. The van der Waals surface area contributed by atoms with Crippen molar-refractivity contribution in [1.82, 2.24) is 5.32 Å². The minimum absolute atomic E-state index is 0.0484. The summed E-state index contributed by atoms with van der Waals surface area (Å²) in [4.78, 5) is 23.9. The first kappa shape index (κ1) is 18.5. The van der Waals surface area contributed by atoms with Crippen molar-refractivity contribution in [1.29, 1.82) is 0 Å². The lowest BCUT2D eigenvalue weighted by Gasteiger charge is -2.11. The average Bonchev–Trinajstić information content (AvgIpc) is 2.65. The van der Waals surface area contributed by atoms with Crippen LogP contribution in [0.5, 0.6) is 0 Å². The zero-order chi connectivity index (χ0) is 17.9. The Morgan fingerprint density at radius 2 is 1.68 bits per heavy atom. The molecule has 0 fully saturated rings. The topological polar surface area (TPSA) is 87.7 Å². The number of amides is 1. The van der Waals surface area contributed by atoms with Gasteiger partial charge in [-0.15, -0.1) is 0 Å². The van der Waals surface area contributed by atoms with Crippen molar-refractivity contribution in [2.24, 2.45) is 0 Å². The van der Waals surface area contributed by atoms with E-state index >= 15 is 0 Å². The maximum atomic E-state index is 12.1. The van der Waals surface area contributed by atoms with Gasteiger partial charge in [0, 0.05) is 18.8 Å². The largest absolute Gasteiger partial charge is 0.452 e. The number of esters is 1. The van der Waals surface area contributed by atoms with Crippen LogP contribution in [-0.2, 0) is 16.0 Å². The highest BCUT2D eigenvalue weighted by Gasteiger charge is 2.13. The van der Waals surface area contributed by atoms with Crippen molar-refractivity contribution in [3.8, 4) is 0 Å². The number of rotatable bonds is 9. The lowest BCUT2D eigenvalue weighted by molar-refractivity contribution is -0.124. The second-order valence-electron chi connectivity index (χ2n) is 5.36. The van der Waals surface area contributed by atoms with E-state index in [-0.39, 0.29) is 19.1 Å². The number of para-hydroxylation sites is 1. The van der Waals surface area contributed by atoms with Crippen molar-refractivity contribution in [3.63, 3.8) is 0 Å². The van der Waals surface area contributed by atoms with Crippen LogP contribution in [0.3, 0.4) is 0 Å². The van der Waals surface area contributed by atoms with Gasteiger partial charge in [0.05, 0.1) is 12.2 Å². The SMILES string of the molecule is O=C(COC(=O)c1ccccc1NCCO)NCCc1ccccc1. The quantitative estimate of drug-likeness (QED) is 0.603. The van der Waals surface area contributed by atoms with Gasteiger partial charge < -0.3 is 20.5 Å². The Labute approximate surface area is 146 Å². The molecular formula is C19H22N2O4. The highest BCUT2D eigenvalue weighted by atomic mass is 16.5. The van der Waals surface area contributed by atoms with E-state index in [0.29, 0.717) is 30.8 Å². The molecule has 0 bridgehead atoms.